The van der Waals surface area contributed by atoms with E-state index in [1.807, 2.05) is 0 Å². The molecule has 0 atom stereocenters. The fourth-order valence-electron chi connectivity index (χ4n) is 1.67. The molecule has 0 aliphatic carbocycles. The van der Waals surface area contributed by atoms with E-state index in [1.54, 1.807) is 0 Å². The number of carbonyl (C=O) groups excluding carboxylic acids is 1. The summed E-state index contributed by atoms with van der Waals surface area (Å²) in [7, 11) is 0. The van der Waals surface area contributed by atoms with E-state index in [1.165, 1.54) is 0 Å². The van der Waals surface area contributed by atoms with Crippen molar-refractivity contribution in [2.75, 3.05) is 32.8 Å². The first-order chi connectivity index (χ1) is 5.71. The van der Waals surface area contributed by atoms with Crippen molar-refractivity contribution in [1.29, 1.82) is 0 Å². The minimum Gasteiger partial charge on any atom is -0.370 e. The van der Waals surface area contributed by atoms with Crippen LogP contribution >= 0.6 is 0 Å². The Morgan fingerprint density at radius 2 is 2.08 bits per heavy atom. The third kappa shape index (κ3) is 1.76. The van der Waals surface area contributed by atoms with E-state index >= 15 is 0 Å². The van der Waals surface area contributed by atoms with Crippen LogP contribution < -0.4 is 5.73 Å². The second-order valence-corrected chi connectivity index (χ2v) is 3.27. The monoisotopic (exact) mass is 173 g/mol. The summed E-state index contributed by atoms with van der Waals surface area (Å²) in [6.45, 7) is 5.70. The van der Waals surface area contributed by atoms with Crippen LogP contribution in [0.3, 0.4) is 0 Å². The van der Waals surface area contributed by atoms with Crippen LogP contribution in [0, 0.1) is 0 Å². The van der Waals surface area contributed by atoms with Crippen molar-refractivity contribution in [3.63, 3.8) is 0 Å². The minimum absolute atomic E-state index is 0.208. The van der Waals surface area contributed by atoms with Crippen LogP contribution in [0.4, 0.5) is 4.79 Å². The maximum atomic E-state index is 11.2. The van der Waals surface area contributed by atoms with Crippen LogP contribution in [0.1, 0.15) is 13.3 Å². The number of nitrogens with two attached hydrogens (primary N) is 1. The molecule has 4 heteroatoms. The summed E-state index contributed by atoms with van der Waals surface area (Å²) in [5.74, 6) is 0. The highest BCUT2D eigenvalue weighted by molar-refractivity contribution is 5.64. The van der Waals surface area contributed by atoms with E-state index in [4.69, 9.17) is 10.5 Å². The van der Waals surface area contributed by atoms with E-state index in [0.29, 0.717) is 17.7 Å². The predicted molar refractivity (Wildman–Crippen MR) is 45.6 cm³/mol. The van der Waals surface area contributed by atoms with Crippen LogP contribution in [0.15, 0.2) is 0 Å². The Morgan fingerprint density at radius 1 is 1.50 bits per heavy atom. The average molecular weight is 173 g/mol. The van der Waals surface area contributed by atoms with Gasteiger partial charge in [-0.1, -0.05) is 6.92 Å². The van der Waals surface area contributed by atoms with Crippen LogP contribution in [0.5, 0.6) is 0 Å². The second-order valence-electron chi connectivity index (χ2n) is 3.27. The maximum absolute atomic E-state index is 11.2. The first-order valence-corrected chi connectivity index (χ1v) is 4.45. The molecule has 1 aliphatic rings. The van der Waals surface area contributed by atoms with Gasteiger partial charge in [0.2, 0.25) is 0 Å². The Bertz CT molecular complexity index is 159. The molecule has 0 aromatic heterocycles. The van der Waals surface area contributed by atoms with Gasteiger partial charge in [0.25, 0.3) is 0 Å². The van der Waals surface area contributed by atoms with Gasteiger partial charge < -0.3 is 10.5 Å². The number of hydrogen-bond donors (Lipinski definition) is 1. The van der Waals surface area contributed by atoms with Gasteiger partial charge >= 0.3 is 6.03 Å². The predicted octanol–water partition coefficient (Wildman–Crippen LogP) is 0.322. The zero-order chi connectivity index (χ0) is 9.03. The summed E-state index contributed by atoms with van der Waals surface area (Å²) in [5.41, 5.74) is 5.37. The zero-order valence-corrected chi connectivity index (χ0v) is 7.58. The highest BCUT2D eigenvalue weighted by Crippen LogP contribution is 2.11. The van der Waals surface area contributed by atoms with Crippen molar-refractivity contribution in [2.24, 2.45) is 5.73 Å². The van der Waals surface area contributed by atoms with Crippen molar-refractivity contribution in [1.82, 2.24) is 0 Å². The van der Waals surface area contributed by atoms with Crippen molar-refractivity contribution >= 4 is 6.03 Å². The van der Waals surface area contributed by atoms with Gasteiger partial charge in [-0.3, -0.25) is 0 Å². The molecule has 1 rings (SSSR count). The number of carbonyl (C=O) groups is 1. The van der Waals surface area contributed by atoms with Crippen molar-refractivity contribution in [3.05, 3.63) is 0 Å². The Morgan fingerprint density at radius 3 is 2.50 bits per heavy atom. The number of urea groups is 1. The topological polar surface area (TPSA) is 52.3 Å². The highest BCUT2D eigenvalue weighted by atomic mass is 16.5. The quantitative estimate of drug-likeness (QED) is 0.611. The Balaban J connectivity index is 2.63. The molecule has 0 aromatic carbocycles. The minimum atomic E-state index is -0.208. The summed E-state index contributed by atoms with van der Waals surface area (Å²) < 4.78 is 5.61. The van der Waals surface area contributed by atoms with Crippen molar-refractivity contribution < 1.29 is 14.0 Å². The van der Waals surface area contributed by atoms with E-state index in [9.17, 15) is 4.79 Å². The molecular formula is C8H17N2O2+. The third-order valence-corrected chi connectivity index (χ3v) is 2.45. The molecule has 12 heavy (non-hydrogen) atoms. The number of morpholine rings is 1. The van der Waals surface area contributed by atoms with E-state index in [2.05, 4.69) is 6.92 Å². The summed E-state index contributed by atoms with van der Waals surface area (Å²) in [4.78, 5) is 11.2. The first-order valence-electron chi connectivity index (χ1n) is 4.45. The molecule has 2 N–H and O–H groups in total. The standard InChI is InChI=1S/C8H16N2O2/c1-2-3-10(8(9)11)4-6-12-7-5-10/h2-7H2,1H3,(H-,9,11)/p+1. The highest BCUT2D eigenvalue weighted by Gasteiger charge is 2.35. The average Bonchev–Trinajstić information content (AvgIpc) is 2.06. The zero-order valence-electron chi connectivity index (χ0n) is 7.58. The smallest absolute Gasteiger partial charge is 0.370 e. The normalized spacial score (nSPS) is 22.1. The molecule has 1 heterocycles. The van der Waals surface area contributed by atoms with Crippen LogP contribution in [0.2, 0.25) is 0 Å². The Kier molecular flexibility index (Phi) is 3.05. The number of quaternary nitrogens is 1. The summed E-state index contributed by atoms with van der Waals surface area (Å²) >= 11 is 0. The van der Waals surface area contributed by atoms with Crippen molar-refractivity contribution in [3.8, 4) is 0 Å². The van der Waals surface area contributed by atoms with E-state index < -0.39 is 0 Å². The molecule has 1 aliphatic heterocycles. The van der Waals surface area contributed by atoms with Gasteiger partial charge in [0.1, 0.15) is 13.1 Å². The molecule has 2 amide bonds. The summed E-state index contributed by atoms with van der Waals surface area (Å²) in [6.07, 6.45) is 0.989. The second kappa shape index (κ2) is 3.87. The number of ether oxygens (including phenoxy) is 1. The third-order valence-electron chi connectivity index (χ3n) is 2.45. The summed E-state index contributed by atoms with van der Waals surface area (Å²) in [5, 5.41) is 0. The van der Waals surface area contributed by atoms with E-state index in [-0.39, 0.29) is 6.03 Å². The van der Waals surface area contributed by atoms with Gasteiger partial charge in [0, 0.05) is 0 Å². The fraction of sp³-hybridized carbons (Fsp3) is 0.875. The van der Waals surface area contributed by atoms with Gasteiger partial charge in [-0.05, 0) is 6.42 Å². The lowest BCUT2D eigenvalue weighted by molar-refractivity contribution is -0.858. The number of primary amides is 1. The van der Waals surface area contributed by atoms with Crippen molar-refractivity contribution in [2.45, 2.75) is 13.3 Å². The molecular weight excluding hydrogens is 156 g/mol. The van der Waals surface area contributed by atoms with Gasteiger partial charge in [-0.15, -0.1) is 0 Å². The molecule has 4 nitrogen and oxygen atoms in total. The maximum Gasteiger partial charge on any atom is 0.414 e. The molecule has 0 saturated carbocycles. The van der Waals surface area contributed by atoms with Gasteiger partial charge in [-0.25, -0.2) is 9.28 Å². The van der Waals surface area contributed by atoms with E-state index in [0.717, 1.165) is 26.1 Å². The SMILES string of the molecule is CCC[N+]1(C(N)=O)CCOCC1. The number of amides is 2. The Hall–Kier alpha value is -0.610. The molecule has 0 spiro atoms. The fourth-order valence-corrected chi connectivity index (χ4v) is 1.67. The summed E-state index contributed by atoms with van der Waals surface area (Å²) in [6, 6.07) is -0.208. The molecule has 0 bridgehead atoms. The largest absolute Gasteiger partial charge is 0.414 e. The lowest BCUT2D eigenvalue weighted by atomic mass is 10.3. The molecule has 1 saturated heterocycles. The molecule has 0 radical (unpaired) electrons. The van der Waals surface area contributed by atoms with Crippen LogP contribution in [-0.4, -0.2) is 43.4 Å². The molecule has 0 aromatic rings. The molecule has 0 unspecified atom stereocenters. The number of nitrogens with zero attached hydrogens (tertiary/aromatic N) is 1. The lowest BCUT2D eigenvalue weighted by Crippen LogP contribution is -2.61. The number of rotatable bonds is 2. The molecule has 1 fully saturated rings. The van der Waals surface area contributed by atoms with Gasteiger partial charge in [0.05, 0.1) is 19.8 Å². The van der Waals surface area contributed by atoms with Crippen LogP contribution in [-0.2, 0) is 4.74 Å². The van der Waals surface area contributed by atoms with Gasteiger partial charge in [0.15, 0.2) is 0 Å². The first kappa shape index (κ1) is 9.48. The lowest BCUT2D eigenvalue weighted by Gasteiger charge is -2.36. The number of hydrogen-bond acceptors (Lipinski definition) is 2. The molecule has 70 valence electrons. The van der Waals surface area contributed by atoms with Crippen LogP contribution in [0.25, 0.3) is 0 Å². The Labute approximate surface area is 72.9 Å². The van der Waals surface area contributed by atoms with Gasteiger partial charge in [-0.2, -0.15) is 0 Å².